The van der Waals surface area contributed by atoms with Crippen LogP contribution in [-0.4, -0.2) is 24.5 Å². The molecule has 2 atom stereocenters. The van der Waals surface area contributed by atoms with Gasteiger partial charge in [-0.3, -0.25) is 4.90 Å². The molecule has 130 valence electrons. The predicted molar refractivity (Wildman–Crippen MR) is 97.8 cm³/mol. The van der Waals surface area contributed by atoms with Crippen molar-refractivity contribution >= 4 is 0 Å². The molecule has 3 rings (SSSR count). The Labute approximate surface area is 154 Å². The second-order valence-corrected chi connectivity index (χ2v) is 6.85. The Bertz CT molecular complexity index is 862. The van der Waals surface area contributed by atoms with Gasteiger partial charge in [-0.1, -0.05) is 43.3 Å². The summed E-state index contributed by atoms with van der Waals surface area (Å²) in [5.74, 6) is -0.359. The fourth-order valence-corrected chi connectivity index (χ4v) is 4.17. The summed E-state index contributed by atoms with van der Waals surface area (Å²) in [6, 6.07) is 16.4. The lowest BCUT2D eigenvalue weighted by molar-refractivity contribution is 0.171. The van der Waals surface area contributed by atoms with Crippen molar-refractivity contribution < 1.29 is 0 Å². The number of hydrogen-bond donors (Lipinski definition) is 1. The summed E-state index contributed by atoms with van der Waals surface area (Å²) in [6.45, 7) is 4.45. The van der Waals surface area contributed by atoms with Crippen molar-refractivity contribution in [2.75, 3.05) is 19.6 Å². The summed E-state index contributed by atoms with van der Waals surface area (Å²) < 4.78 is 0. The third-order valence-corrected chi connectivity index (χ3v) is 5.66. The Morgan fingerprint density at radius 2 is 1.88 bits per heavy atom. The normalized spacial score (nSPS) is 24.6. The number of allylic oxidation sites excluding steroid dienone is 2. The number of benzene rings is 1. The Balaban J connectivity index is 2.18. The van der Waals surface area contributed by atoms with Crippen LogP contribution in [0.25, 0.3) is 0 Å². The molecule has 1 aliphatic carbocycles. The number of nitriles is 3. The highest BCUT2D eigenvalue weighted by molar-refractivity contribution is 5.56. The minimum atomic E-state index is -1.49. The zero-order valence-electron chi connectivity index (χ0n) is 14.8. The molecule has 1 aliphatic heterocycles. The Morgan fingerprint density at radius 1 is 1.19 bits per heavy atom. The minimum absolute atomic E-state index is 0.0647. The summed E-state index contributed by atoms with van der Waals surface area (Å²) in [4.78, 5) is 2.27. The first-order chi connectivity index (χ1) is 12.6. The number of nitrogens with two attached hydrogens (primary N) is 1. The number of rotatable bonds is 3. The fraction of sp³-hybridized carbons (Fsp3) is 0.381. The van der Waals surface area contributed by atoms with Crippen LogP contribution in [0.2, 0.25) is 0 Å². The van der Waals surface area contributed by atoms with Gasteiger partial charge in [0.25, 0.3) is 0 Å². The van der Waals surface area contributed by atoms with Crippen molar-refractivity contribution in [2.24, 2.45) is 23.0 Å². The molecule has 0 amide bonds. The predicted octanol–water partition coefficient (Wildman–Crippen LogP) is 2.51. The number of fused-ring (bicyclic) bond motifs is 1. The van der Waals surface area contributed by atoms with Gasteiger partial charge < -0.3 is 5.73 Å². The topological polar surface area (TPSA) is 101 Å². The van der Waals surface area contributed by atoms with Gasteiger partial charge in [0.15, 0.2) is 5.41 Å². The van der Waals surface area contributed by atoms with Gasteiger partial charge in [-0.15, -0.1) is 0 Å². The van der Waals surface area contributed by atoms with E-state index in [1.165, 1.54) is 0 Å². The van der Waals surface area contributed by atoms with Gasteiger partial charge in [-0.25, -0.2) is 0 Å². The number of nitrogens with zero attached hydrogens (tertiary/aromatic N) is 4. The number of likely N-dealkylation sites (N-methyl/N-ethyl adjacent to an activating group) is 1. The molecular formula is C21H21N5. The molecule has 26 heavy (non-hydrogen) atoms. The molecule has 2 unspecified atom stereocenters. The molecule has 0 radical (unpaired) electrons. The first-order valence-corrected chi connectivity index (χ1v) is 8.80. The molecule has 5 nitrogen and oxygen atoms in total. The van der Waals surface area contributed by atoms with Crippen LogP contribution in [0.4, 0.5) is 0 Å². The van der Waals surface area contributed by atoms with E-state index in [9.17, 15) is 15.8 Å². The van der Waals surface area contributed by atoms with Crippen molar-refractivity contribution in [2.45, 2.75) is 13.3 Å². The Kier molecular flexibility index (Phi) is 4.81. The zero-order chi connectivity index (χ0) is 18.7. The van der Waals surface area contributed by atoms with Gasteiger partial charge in [0.1, 0.15) is 6.07 Å². The Hall–Kier alpha value is -3.07. The third-order valence-electron chi connectivity index (χ3n) is 5.66. The maximum Gasteiger partial charge on any atom is 0.187 e. The molecule has 0 aromatic heterocycles. The lowest BCUT2D eigenvalue weighted by atomic mass is 9.58. The average molecular weight is 343 g/mol. The largest absolute Gasteiger partial charge is 0.399 e. The molecule has 0 bridgehead atoms. The standard InChI is InChI=1S/C21H21N5/c1-2-26-9-8-16-17(11-22)20(25)21(13-23,14-24)19(18(16)12-26)10-15-6-4-3-5-7-15/h3-8,18-19H,2,9-10,12,25H2,1H3. The summed E-state index contributed by atoms with van der Waals surface area (Å²) in [5, 5.41) is 29.6. The van der Waals surface area contributed by atoms with Gasteiger partial charge in [-0.05, 0) is 24.1 Å². The molecule has 0 fully saturated rings. The van der Waals surface area contributed by atoms with Crippen molar-refractivity contribution in [3.05, 3.63) is 58.8 Å². The molecule has 0 saturated heterocycles. The van der Waals surface area contributed by atoms with E-state index in [4.69, 9.17) is 5.73 Å². The van der Waals surface area contributed by atoms with Crippen LogP contribution in [-0.2, 0) is 6.42 Å². The van der Waals surface area contributed by atoms with Crippen LogP contribution < -0.4 is 5.73 Å². The molecular weight excluding hydrogens is 322 g/mol. The molecule has 2 N–H and O–H groups in total. The molecule has 0 saturated carbocycles. The zero-order valence-corrected chi connectivity index (χ0v) is 14.8. The monoisotopic (exact) mass is 343 g/mol. The van der Waals surface area contributed by atoms with E-state index in [0.29, 0.717) is 12.0 Å². The lowest BCUT2D eigenvalue weighted by Crippen LogP contribution is -2.50. The minimum Gasteiger partial charge on any atom is -0.399 e. The van der Waals surface area contributed by atoms with E-state index in [1.54, 1.807) is 0 Å². The van der Waals surface area contributed by atoms with Crippen LogP contribution in [0, 0.1) is 51.2 Å². The second-order valence-electron chi connectivity index (χ2n) is 6.85. The highest BCUT2D eigenvalue weighted by Crippen LogP contribution is 2.50. The smallest absolute Gasteiger partial charge is 0.187 e. The van der Waals surface area contributed by atoms with Gasteiger partial charge in [0, 0.05) is 24.9 Å². The van der Waals surface area contributed by atoms with Crippen LogP contribution >= 0.6 is 0 Å². The van der Waals surface area contributed by atoms with Crippen molar-refractivity contribution in [1.29, 1.82) is 15.8 Å². The summed E-state index contributed by atoms with van der Waals surface area (Å²) in [7, 11) is 0. The van der Waals surface area contributed by atoms with Gasteiger partial charge in [0.05, 0.1) is 23.4 Å². The van der Waals surface area contributed by atoms with Crippen LogP contribution in [0.3, 0.4) is 0 Å². The van der Waals surface area contributed by atoms with Crippen molar-refractivity contribution in [1.82, 2.24) is 4.90 Å². The highest BCUT2D eigenvalue weighted by Gasteiger charge is 2.53. The fourth-order valence-electron chi connectivity index (χ4n) is 4.17. The van der Waals surface area contributed by atoms with Gasteiger partial charge in [-0.2, -0.15) is 15.8 Å². The van der Waals surface area contributed by atoms with E-state index >= 15 is 0 Å². The average Bonchev–Trinajstić information content (AvgIpc) is 2.69. The van der Waals surface area contributed by atoms with E-state index in [0.717, 1.165) is 30.8 Å². The lowest BCUT2D eigenvalue weighted by Gasteiger charge is -2.45. The maximum atomic E-state index is 9.96. The summed E-state index contributed by atoms with van der Waals surface area (Å²) in [5.41, 5.74) is 7.17. The highest BCUT2D eigenvalue weighted by atomic mass is 15.1. The van der Waals surface area contributed by atoms with Gasteiger partial charge >= 0.3 is 0 Å². The quantitative estimate of drug-likeness (QED) is 0.909. The molecule has 1 aromatic rings. The van der Waals surface area contributed by atoms with E-state index in [-0.39, 0.29) is 17.5 Å². The third kappa shape index (κ3) is 2.66. The van der Waals surface area contributed by atoms with Crippen LogP contribution in [0.1, 0.15) is 12.5 Å². The maximum absolute atomic E-state index is 9.96. The van der Waals surface area contributed by atoms with Crippen molar-refractivity contribution in [3.8, 4) is 18.2 Å². The van der Waals surface area contributed by atoms with E-state index in [2.05, 4.69) is 30.0 Å². The number of hydrogen-bond acceptors (Lipinski definition) is 5. The molecule has 1 heterocycles. The Morgan fingerprint density at radius 3 is 2.46 bits per heavy atom. The first kappa shape index (κ1) is 17.7. The van der Waals surface area contributed by atoms with Gasteiger partial charge in [0.2, 0.25) is 0 Å². The summed E-state index contributed by atoms with van der Waals surface area (Å²) in [6.07, 6.45) is 2.61. The van der Waals surface area contributed by atoms with Crippen molar-refractivity contribution in [3.63, 3.8) is 0 Å². The molecule has 2 aliphatic rings. The summed E-state index contributed by atoms with van der Waals surface area (Å²) >= 11 is 0. The molecule has 0 spiro atoms. The molecule has 1 aromatic carbocycles. The van der Waals surface area contributed by atoms with E-state index in [1.807, 2.05) is 36.4 Å². The van der Waals surface area contributed by atoms with E-state index < -0.39 is 5.41 Å². The SMILES string of the molecule is CCN1CC=C2C(C#N)=C(N)C(C#N)(C#N)C(Cc3ccccc3)C2C1. The first-order valence-electron chi connectivity index (χ1n) is 8.80. The van der Waals surface area contributed by atoms with Crippen LogP contribution in [0.5, 0.6) is 0 Å². The van der Waals surface area contributed by atoms with Crippen LogP contribution in [0.15, 0.2) is 53.3 Å². The second kappa shape index (κ2) is 7.04. The molecule has 5 heteroatoms.